The molecule has 2 saturated heterocycles. The van der Waals surface area contributed by atoms with Crippen LogP contribution in [-0.4, -0.2) is 60.9 Å². The molecule has 0 aromatic carbocycles. The van der Waals surface area contributed by atoms with Crippen molar-refractivity contribution in [2.24, 2.45) is 5.92 Å². The second-order valence-electron chi connectivity index (χ2n) is 4.86. The molecule has 0 spiro atoms. The summed E-state index contributed by atoms with van der Waals surface area (Å²) in [6.45, 7) is 5.40. The summed E-state index contributed by atoms with van der Waals surface area (Å²) in [5.41, 5.74) is 0. The van der Waals surface area contributed by atoms with Gasteiger partial charge in [0, 0.05) is 19.1 Å². The monoisotopic (exact) mass is 242 g/mol. The van der Waals surface area contributed by atoms with Gasteiger partial charge in [0.25, 0.3) is 0 Å². The second-order valence-corrected chi connectivity index (χ2v) is 4.86. The van der Waals surface area contributed by atoms with Crippen molar-refractivity contribution in [1.29, 1.82) is 0 Å². The highest BCUT2D eigenvalue weighted by Gasteiger charge is 2.36. The van der Waals surface area contributed by atoms with Gasteiger partial charge in [-0.1, -0.05) is 6.92 Å². The highest BCUT2D eigenvalue weighted by Crippen LogP contribution is 2.19. The van der Waals surface area contributed by atoms with Crippen molar-refractivity contribution in [3.05, 3.63) is 0 Å². The number of nitrogens with zero attached hydrogens (tertiary/aromatic N) is 1. The summed E-state index contributed by atoms with van der Waals surface area (Å²) in [4.78, 5) is 14.2. The van der Waals surface area contributed by atoms with Gasteiger partial charge in [-0.25, -0.2) is 0 Å². The molecule has 5 nitrogen and oxygen atoms in total. The minimum absolute atomic E-state index is 0.0507. The molecule has 0 bridgehead atoms. The second kappa shape index (κ2) is 5.80. The predicted octanol–water partition coefficient (Wildman–Crippen LogP) is -0.406. The maximum Gasteiger partial charge on any atom is 0.229 e. The number of likely N-dealkylation sites (tertiary alicyclic amines) is 1. The molecule has 2 heterocycles. The van der Waals surface area contributed by atoms with Crippen LogP contribution in [0.1, 0.15) is 19.8 Å². The van der Waals surface area contributed by atoms with Gasteiger partial charge in [0.05, 0.1) is 25.2 Å². The van der Waals surface area contributed by atoms with Crippen molar-refractivity contribution in [3.63, 3.8) is 0 Å². The molecule has 2 unspecified atom stereocenters. The summed E-state index contributed by atoms with van der Waals surface area (Å²) in [5.74, 6) is 0.130. The molecule has 98 valence electrons. The predicted molar refractivity (Wildman–Crippen MR) is 63.6 cm³/mol. The van der Waals surface area contributed by atoms with Crippen LogP contribution in [0.15, 0.2) is 0 Å². The smallest absolute Gasteiger partial charge is 0.229 e. The van der Waals surface area contributed by atoms with Crippen LogP contribution < -0.4 is 5.32 Å². The van der Waals surface area contributed by atoms with E-state index in [0.717, 1.165) is 6.54 Å². The normalized spacial score (nSPS) is 30.8. The van der Waals surface area contributed by atoms with Crippen LogP contribution in [-0.2, 0) is 9.53 Å². The van der Waals surface area contributed by atoms with Gasteiger partial charge < -0.3 is 20.1 Å². The Kier molecular flexibility index (Phi) is 4.36. The van der Waals surface area contributed by atoms with Gasteiger partial charge in [-0.15, -0.1) is 0 Å². The van der Waals surface area contributed by atoms with E-state index in [-0.39, 0.29) is 24.0 Å². The molecule has 2 aliphatic heterocycles. The largest absolute Gasteiger partial charge is 0.393 e. The fourth-order valence-electron chi connectivity index (χ4n) is 2.58. The zero-order valence-electron chi connectivity index (χ0n) is 10.4. The highest BCUT2D eigenvalue weighted by atomic mass is 16.5. The summed E-state index contributed by atoms with van der Waals surface area (Å²) < 4.78 is 5.40. The lowest BCUT2D eigenvalue weighted by Gasteiger charge is -2.32. The Morgan fingerprint density at radius 3 is 2.76 bits per heavy atom. The van der Waals surface area contributed by atoms with Crippen molar-refractivity contribution in [1.82, 2.24) is 10.2 Å². The summed E-state index contributed by atoms with van der Waals surface area (Å²) in [6.07, 6.45) is 1.17. The molecule has 5 heteroatoms. The Morgan fingerprint density at radius 1 is 1.41 bits per heavy atom. The van der Waals surface area contributed by atoms with Crippen LogP contribution in [0.25, 0.3) is 0 Å². The molecule has 2 fully saturated rings. The lowest BCUT2D eigenvalue weighted by molar-refractivity contribution is -0.138. The molecule has 2 N–H and O–H groups in total. The van der Waals surface area contributed by atoms with Crippen molar-refractivity contribution in [3.8, 4) is 0 Å². The van der Waals surface area contributed by atoms with Gasteiger partial charge >= 0.3 is 0 Å². The standard InChI is InChI=1S/C12H22N2O3/c1-2-13-11-8-17-7-10(11)12(16)14-5-3-9(15)4-6-14/h9-11,13,15H,2-8H2,1H3. The molecular weight excluding hydrogens is 220 g/mol. The maximum atomic E-state index is 12.3. The number of likely N-dealkylation sites (N-methyl/N-ethyl adjacent to an activating group) is 1. The van der Waals surface area contributed by atoms with Crippen LogP contribution in [0, 0.1) is 5.92 Å². The third kappa shape index (κ3) is 2.97. The molecule has 17 heavy (non-hydrogen) atoms. The van der Waals surface area contributed by atoms with Gasteiger partial charge in [-0.05, 0) is 19.4 Å². The molecular formula is C12H22N2O3. The van der Waals surface area contributed by atoms with Crippen molar-refractivity contribution >= 4 is 5.91 Å². The molecule has 2 atom stereocenters. The number of aliphatic hydroxyl groups is 1. The third-order valence-electron chi connectivity index (χ3n) is 3.64. The maximum absolute atomic E-state index is 12.3. The van der Waals surface area contributed by atoms with E-state index >= 15 is 0 Å². The number of hydrogen-bond donors (Lipinski definition) is 2. The summed E-state index contributed by atoms with van der Waals surface area (Å²) in [5, 5.41) is 12.7. The summed E-state index contributed by atoms with van der Waals surface area (Å²) in [7, 11) is 0. The fourth-order valence-corrected chi connectivity index (χ4v) is 2.58. The minimum Gasteiger partial charge on any atom is -0.393 e. The van der Waals surface area contributed by atoms with E-state index < -0.39 is 0 Å². The first-order valence-corrected chi connectivity index (χ1v) is 6.50. The van der Waals surface area contributed by atoms with Crippen LogP contribution in [0.2, 0.25) is 0 Å². The molecule has 0 saturated carbocycles. The summed E-state index contributed by atoms with van der Waals surface area (Å²) in [6, 6.07) is 0.152. The molecule has 2 rings (SSSR count). The molecule has 0 aliphatic carbocycles. The zero-order chi connectivity index (χ0) is 12.3. The number of rotatable bonds is 3. The first-order valence-electron chi connectivity index (χ1n) is 6.50. The highest BCUT2D eigenvalue weighted by molar-refractivity contribution is 5.80. The first-order chi connectivity index (χ1) is 8.22. The van der Waals surface area contributed by atoms with Crippen molar-refractivity contribution in [2.45, 2.75) is 31.9 Å². The number of piperidine rings is 1. The zero-order valence-corrected chi connectivity index (χ0v) is 10.4. The number of amides is 1. The molecule has 0 radical (unpaired) electrons. The first kappa shape index (κ1) is 12.8. The van der Waals surface area contributed by atoms with E-state index in [4.69, 9.17) is 4.74 Å². The van der Waals surface area contributed by atoms with Gasteiger partial charge in [0.2, 0.25) is 5.91 Å². The van der Waals surface area contributed by atoms with Crippen LogP contribution >= 0.6 is 0 Å². The fraction of sp³-hybridized carbons (Fsp3) is 0.917. The van der Waals surface area contributed by atoms with E-state index in [1.165, 1.54) is 0 Å². The van der Waals surface area contributed by atoms with E-state index in [1.807, 2.05) is 11.8 Å². The van der Waals surface area contributed by atoms with E-state index in [9.17, 15) is 9.90 Å². The number of carbonyl (C=O) groups is 1. The molecule has 2 aliphatic rings. The molecule has 0 aromatic rings. The topological polar surface area (TPSA) is 61.8 Å². The Labute approximate surface area is 102 Å². The number of hydrogen-bond acceptors (Lipinski definition) is 4. The van der Waals surface area contributed by atoms with Gasteiger partial charge in [0.1, 0.15) is 0 Å². The number of aliphatic hydroxyl groups excluding tert-OH is 1. The number of carbonyl (C=O) groups excluding carboxylic acids is 1. The van der Waals surface area contributed by atoms with Gasteiger partial charge in [0.15, 0.2) is 0 Å². The Bertz CT molecular complexity index is 264. The van der Waals surface area contributed by atoms with Gasteiger partial charge in [-0.3, -0.25) is 4.79 Å². The number of nitrogens with one attached hydrogen (secondary N) is 1. The summed E-state index contributed by atoms with van der Waals surface area (Å²) >= 11 is 0. The Balaban J connectivity index is 1.90. The minimum atomic E-state index is -0.233. The van der Waals surface area contributed by atoms with Crippen LogP contribution in [0.4, 0.5) is 0 Å². The van der Waals surface area contributed by atoms with Crippen molar-refractivity contribution < 1.29 is 14.6 Å². The Hall–Kier alpha value is -0.650. The molecule has 0 aromatic heterocycles. The quantitative estimate of drug-likeness (QED) is 0.706. The average Bonchev–Trinajstić information content (AvgIpc) is 2.78. The van der Waals surface area contributed by atoms with Crippen LogP contribution in [0.3, 0.4) is 0 Å². The lowest BCUT2D eigenvalue weighted by Crippen LogP contribution is -2.48. The Morgan fingerprint density at radius 2 is 2.12 bits per heavy atom. The molecule has 1 amide bonds. The van der Waals surface area contributed by atoms with E-state index in [0.29, 0.717) is 39.1 Å². The average molecular weight is 242 g/mol. The van der Waals surface area contributed by atoms with Crippen molar-refractivity contribution in [2.75, 3.05) is 32.8 Å². The van der Waals surface area contributed by atoms with E-state index in [2.05, 4.69) is 5.32 Å². The van der Waals surface area contributed by atoms with Crippen LogP contribution in [0.5, 0.6) is 0 Å². The third-order valence-corrected chi connectivity index (χ3v) is 3.64. The van der Waals surface area contributed by atoms with Gasteiger partial charge in [-0.2, -0.15) is 0 Å². The van der Waals surface area contributed by atoms with E-state index in [1.54, 1.807) is 0 Å². The SMILES string of the molecule is CCNC1COCC1C(=O)N1CCC(O)CC1. The lowest BCUT2D eigenvalue weighted by atomic mass is 9.99. The number of ether oxygens (including phenoxy) is 1.